The summed E-state index contributed by atoms with van der Waals surface area (Å²) in [5, 5.41) is 0. The lowest BCUT2D eigenvalue weighted by atomic mass is 9.96. The van der Waals surface area contributed by atoms with Crippen LogP contribution in [0.2, 0.25) is 0 Å². The normalized spacial score (nSPS) is 14.9. The van der Waals surface area contributed by atoms with E-state index in [1.807, 2.05) is 91.9 Å². The molecule has 0 aliphatic carbocycles. The molecule has 204 valence electrons. The molecule has 0 bridgehead atoms. The van der Waals surface area contributed by atoms with Crippen LogP contribution in [-0.4, -0.2) is 23.8 Å². The Hall–Kier alpha value is -4.43. The summed E-state index contributed by atoms with van der Waals surface area (Å²) >= 11 is 1.30. The summed E-state index contributed by atoms with van der Waals surface area (Å²) in [6, 6.07) is 24.4. The van der Waals surface area contributed by atoms with Crippen LogP contribution in [0.15, 0.2) is 94.2 Å². The maximum Gasteiger partial charge on any atom is 0.338 e. The summed E-state index contributed by atoms with van der Waals surface area (Å²) < 4.78 is 19.5. The summed E-state index contributed by atoms with van der Waals surface area (Å²) in [4.78, 5) is 32.1. The number of hydrogen-bond donors (Lipinski definition) is 0. The van der Waals surface area contributed by atoms with Crippen LogP contribution >= 0.6 is 11.3 Å². The Bertz CT molecular complexity index is 1720. The molecule has 0 spiro atoms. The fraction of sp³-hybridized carbons (Fsp3) is 0.219. The zero-order chi connectivity index (χ0) is 28.1. The van der Waals surface area contributed by atoms with E-state index >= 15 is 0 Å². The molecule has 0 radical (unpaired) electrons. The highest BCUT2D eigenvalue weighted by Gasteiger charge is 2.32. The lowest BCUT2D eigenvalue weighted by molar-refractivity contribution is -0.138. The van der Waals surface area contributed by atoms with Crippen LogP contribution < -0.4 is 24.4 Å². The van der Waals surface area contributed by atoms with Gasteiger partial charge in [-0.25, -0.2) is 9.79 Å². The minimum absolute atomic E-state index is 0.206. The van der Waals surface area contributed by atoms with Gasteiger partial charge in [-0.3, -0.25) is 9.36 Å². The topological polar surface area (TPSA) is 79.1 Å². The standard InChI is InChI=1S/C32H30N2O5S/c1-4-37-26-19-24(16-17-25(26)39-20-23-14-10-7-11-15-23)29-28(31(36)38-5-2)21(3)34-30(35)27(40-32(34)33-29)18-22-12-8-6-9-13-22/h6-19,29H,4-5,20H2,1-3H3/b27-18-/t29-/m1/s1. The van der Waals surface area contributed by atoms with E-state index in [-0.39, 0.29) is 12.2 Å². The Labute approximate surface area is 236 Å². The van der Waals surface area contributed by atoms with Crippen molar-refractivity contribution in [3.05, 3.63) is 121 Å². The van der Waals surface area contributed by atoms with Crippen LogP contribution in [0.3, 0.4) is 0 Å². The average molecular weight is 555 g/mol. The van der Waals surface area contributed by atoms with Crippen molar-refractivity contribution in [1.29, 1.82) is 0 Å². The maximum absolute atomic E-state index is 13.4. The van der Waals surface area contributed by atoms with E-state index in [4.69, 9.17) is 19.2 Å². The number of carbonyl (C=O) groups is 1. The molecule has 0 saturated heterocycles. The quantitative estimate of drug-likeness (QED) is 0.276. The molecule has 1 aliphatic heterocycles. The smallest absolute Gasteiger partial charge is 0.338 e. The third kappa shape index (κ3) is 5.62. The minimum Gasteiger partial charge on any atom is -0.490 e. The Morgan fingerprint density at radius 2 is 1.68 bits per heavy atom. The molecule has 0 amide bonds. The molecule has 0 N–H and O–H groups in total. The van der Waals surface area contributed by atoms with Crippen LogP contribution in [0, 0.1) is 0 Å². The van der Waals surface area contributed by atoms with E-state index in [9.17, 15) is 9.59 Å². The first-order valence-corrected chi connectivity index (χ1v) is 14.0. The SMILES string of the molecule is CCOC(=O)C1=C(C)n2c(s/c(=C\c3ccccc3)c2=O)=N[C@@H]1c1ccc(OCc2ccccc2)c(OCC)c1. The Morgan fingerprint density at radius 3 is 2.38 bits per heavy atom. The number of nitrogens with zero attached hydrogens (tertiary/aromatic N) is 2. The van der Waals surface area contributed by atoms with E-state index in [2.05, 4.69) is 0 Å². The predicted molar refractivity (Wildman–Crippen MR) is 156 cm³/mol. The number of rotatable bonds is 9. The van der Waals surface area contributed by atoms with Gasteiger partial charge < -0.3 is 14.2 Å². The Morgan fingerprint density at radius 1 is 0.950 bits per heavy atom. The number of fused-ring (bicyclic) bond motifs is 1. The van der Waals surface area contributed by atoms with Gasteiger partial charge in [0.25, 0.3) is 5.56 Å². The maximum atomic E-state index is 13.4. The van der Waals surface area contributed by atoms with Crippen LogP contribution in [0.4, 0.5) is 0 Å². The van der Waals surface area contributed by atoms with Gasteiger partial charge in [0.05, 0.1) is 23.3 Å². The van der Waals surface area contributed by atoms with Gasteiger partial charge in [0, 0.05) is 5.70 Å². The molecule has 2 heterocycles. The number of esters is 1. The lowest BCUT2D eigenvalue weighted by Crippen LogP contribution is -2.35. The first-order valence-electron chi connectivity index (χ1n) is 13.2. The molecule has 0 saturated carbocycles. The van der Waals surface area contributed by atoms with Gasteiger partial charge in [-0.1, -0.05) is 78.1 Å². The second kappa shape index (κ2) is 12.2. The molecule has 7 nitrogen and oxygen atoms in total. The molecule has 40 heavy (non-hydrogen) atoms. The van der Waals surface area contributed by atoms with Crippen LogP contribution in [-0.2, 0) is 16.1 Å². The predicted octanol–water partition coefficient (Wildman–Crippen LogP) is 4.88. The van der Waals surface area contributed by atoms with Crippen LogP contribution in [0.5, 0.6) is 11.5 Å². The first kappa shape index (κ1) is 27.1. The monoisotopic (exact) mass is 554 g/mol. The minimum atomic E-state index is -0.677. The zero-order valence-corrected chi connectivity index (χ0v) is 23.4. The van der Waals surface area contributed by atoms with Crippen molar-refractivity contribution in [2.24, 2.45) is 4.99 Å². The third-order valence-corrected chi connectivity index (χ3v) is 7.44. The van der Waals surface area contributed by atoms with E-state index in [1.165, 1.54) is 15.9 Å². The van der Waals surface area contributed by atoms with Gasteiger partial charge in [0.15, 0.2) is 16.3 Å². The third-order valence-electron chi connectivity index (χ3n) is 6.46. The number of carbonyl (C=O) groups excluding carboxylic acids is 1. The Balaban J connectivity index is 1.60. The zero-order valence-electron chi connectivity index (χ0n) is 22.6. The molecular weight excluding hydrogens is 524 g/mol. The fourth-order valence-corrected chi connectivity index (χ4v) is 5.62. The fourth-order valence-electron chi connectivity index (χ4n) is 4.58. The lowest BCUT2D eigenvalue weighted by Gasteiger charge is -2.23. The van der Waals surface area contributed by atoms with Gasteiger partial charge in [-0.2, -0.15) is 0 Å². The summed E-state index contributed by atoms with van der Waals surface area (Å²) in [6.07, 6.45) is 1.84. The van der Waals surface area contributed by atoms with E-state index < -0.39 is 12.0 Å². The molecule has 1 atom stereocenters. The number of aromatic nitrogens is 1. The van der Waals surface area contributed by atoms with Crippen molar-refractivity contribution in [2.45, 2.75) is 33.4 Å². The molecule has 1 aliphatic rings. The summed E-state index contributed by atoms with van der Waals surface area (Å²) in [6.45, 7) is 6.46. The van der Waals surface area contributed by atoms with Crippen molar-refractivity contribution in [2.75, 3.05) is 13.2 Å². The largest absolute Gasteiger partial charge is 0.490 e. The van der Waals surface area contributed by atoms with Crippen molar-refractivity contribution in [3.8, 4) is 11.5 Å². The first-order chi connectivity index (χ1) is 19.5. The average Bonchev–Trinajstić information content (AvgIpc) is 3.28. The highest BCUT2D eigenvalue weighted by molar-refractivity contribution is 7.07. The molecule has 0 fully saturated rings. The van der Waals surface area contributed by atoms with Crippen LogP contribution in [0.1, 0.15) is 43.5 Å². The van der Waals surface area contributed by atoms with Gasteiger partial charge in [-0.05, 0) is 55.7 Å². The van der Waals surface area contributed by atoms with Crippen molar-refractivity contribution < 1.29 is 19.0 Å². The number of allylic oxidation sites excluding steroid dienone is 1. The van der Waals surface area contributed by atoms with Crippen molar-refractivity contribution >= 4 is 29.1 Å². The summed E-state index contributed by atoms with van der Waals surface area (Å²) in [5.74, 6) is 0.643. The molecule has 1 aromatic heterocycles. The number of hydrogen-bond acceptors (Lipinski definition) is 7. The molecule has 3 aromatic carbocycles. The van der Waals surface area contributed by atoms with Gasteiger partial charge in [0.1, 0.15) is 12.6 Å². The van der Waals surface area contributed by atoms with Crippen molar-refractivity contribution in [1.82, 2.24) is 4.57 Å². The van der Waals surface area contributed by atoms with Gasteiger partial charge in [-0.15, -0.1) is 0 Å². The molecule has 4 aromatic rings. The van der Waals surface area contributed by atoms with E-state index in [0.717, 1.165) is 16.7 Å². The van der Waals surface area contributed by atoms with Gasteiger partial charge >= 0.3 is 5.97 Å². The summed E-state index contributed by atoms with van der Waals surface area (Å²) in [5.41, 5.74) is 3.29. The number of ether oxygens (including phenoxy) is 3. The number of thiazole rings is 1. The molecular formula is C32H30N2O5S. The summed E-state index contributed by atoms with van der Waals surface area (Å²) in [7, 11) is 0. The second-order valence-electron chi connectivity index (χ2n) is 9.11. The Kier molecular flexibility index (Phi) is 8.26. The van der Waals surface area contributed by atoms with E-state index in [0.29, 0.717) is 45.3 Å². The number of benzene rings is 3. The molecule has 8 heteroatoms. The van der Waals surface area contributed by atoms with Crippen molar-refractivity contribution in [3.63, 3.8) is 0 Å². The highest BCUT2D eigenvalue weighted by atomic mass is 32.1. The van der Waals surface area contributed by atoms with Gasteiger partial charge in [0.2, 0.25) is 0 Å². The highest BCUT2D eigenvalue weighted by Crippen LogP contribution is 2.37. The molecule has 0 unspecified atom stereocenters. The van der Waals surface area contributed by atoms with Crippen LogP contribution in [0.25, 0.3) is 11.8 Å². The van der Waals surface area contributed by atoms with E-state index in [1.54, 1.807) is 13.8 Å². The molecule has 5 rings (SSSR count). The second-order valence-corrected chi connectivity index (χ2v) is 10.1.